The Kier molecular flexibility index (Phi) is 5.66. The van der Waals surface area contributed by atoms with E-state index in [9.17, 15) is 9.59 Å². The highest BCUT2D eigenvalue weighted by Crippen LogP contribution is 2.17. The van der Waals surface area contributed by atoms with Crippen molar-refractivity contribution in [2.75, 3.05) is 6.61 Å². The van der Waals surface area contributed by atoms with Gasteiger partial charge >= 0.3 is 12.1 Å². The monoisotopic (exact) mass is 267 g/mol. The fourth-order valence-electron chi connectivity index (χ4n) is 1.42. The lowest BCUT2D eigenvalue weighted by atomic mass is 10.1. The van der Waals surface area contributed by atoms with Crippen molar-refractivity contribution >= 4 is 12.1 Å². The van der Waals surface area contributed by atoms with Gasteiger partial charge in [0, 0.05) is 0 Å². The Bertz CT molecular complexity index is 429. The van der Waals surface area contributed by atoms with Crippen LogP contribution in [0.4, 0.5) is 4.79 Å². The number of hydrogen-bond acceptors (Lipinski definition) is 4. The molecule has 1 aromatic rings. The number of hydrogen-bond donors (Lipinski definition) is 3. The number of carboxylic acid groups (broad SMARTS) is 1. The molecule has 0 heterocycles. The molecule has 0 saturated carbocycles. The molecule has 0 saturated heterocycles. The van der Waals surface area contributed by atoms with Crippen molar-refractivity contribution < 1.29 is 24.5 Å². The van der Waals surface area contributed by atoms with Crippen LogP contribution in [-0.2, 0) is 9.53 Å². The van der Waals surface area contributed by atoms with Crippen LogP contribution in [0.15, 0.2) is 24.3 Å². The molecule has 19 heavy (non-hydrogen) atoms. The molecule has 6 heteroatoms. The van der Waals surface area contributed by atoms with Crippen LogP contribution in [-0.4, -0.2) is 28.9 Å². The predicted molar refractivity (Wildman–Crippen MR) is 67.9 cm³/mol. The van der Waals surface area contributed by atoms with E-state index in [0.717, 1.165) is 12.8 Å². The molecular formula is C13H17NO5. The fourth-order valence-corrected chi connectivity index (χ4v) is 1.42. The Hall–Kier alpha value is -2.24. The Morgan fingerprint density at radius 2 is 1.95 bits per heavy atom. The average molecular weight is 267 g/mol. The lowest BCUT2D eigenvalue weighted by Crippen LogP contribution is -2.34. The number of aliphatic carboxylic acids is 1. The SMILES string of the molecule is CCCCOC(=O)NC(C(=O)O)c1ccc(O)cc1. The third-order valence-corrected chi connectivity index (χ3v) is 2.47. The zero-order chi connectivity index (χ0) is 14.3. The number of rotatable bonds is 6. The van der Waals surface area contributed by atoms with Crippen molar-refractivity contribution in [2.45, 2.75) is 25.8 Å². The fraction of sp³-hybridized carbons (Fsp3) is 0.385. The lowest BCUT2D eigenvalue weighted by Gasteiger charge is -2.14. The van der Waals surface area contributed by atoms with Gasteiger partial charge in [-0.15, -0.1) is 0 Å². The van der Waals surface area contributed by atoms with Gasteiger partial charge in [0.05, 0.1) is 6.61 Å². The second kappa shape index (κ2) is 7.25. The van der Waals surface area contributed by atoms with Crippen molar-refractivity contribution in [2.24, 2.45) is 0 Å². The molecule has 104 valence electrons. The molecule has 6 nitrogen and oxygen atoms in total. The van der Waals surface area contributed by atoms with E-state index in [1.807, 2.05) is 6.92 Å². The standard InChI is InChI=1S/C13H17NO5/c1-2-3-8-19-13(18)14-11(12(16)17)9-4-6-10(15)7-5-9/h4-7,11,15H,2-3,8H2,1H3,(H,14,18)(H,16,17). The summed E-state index contributed by atoms with van der Waals surface area (Å²) < 4.78 is 4.85. The van der Waals surface area contributed by atoms with Crippen molar-refractivity contribution in [1.82, 2.24) is 5.32 Å². The highest BCUT2D eigenvalue weighted by Gasteiger charge is 2.22. The summed E-state index contributed by atoms with van der Waals surface area (Å²) in [5.41, 5.74) is 0.359. The number of amides is 1. The van der Waals surface area contributed by atoms with Crippen LogP contribution in [0.3, 0.4) is 0 Å². The van der Waals surface area contributed by atoms with E-state index in [1.54, 1.807) is 0 Å². The van der Waals surface area contributed by atoms with E-state index in [1.165, 1.54) is 24.3 Å². The Morgan fingerprint density at radius 3 is 2.47 bits per heavy atom. The van der Waals surface area contributed by atoms with Crippen LogP contribution >= 0.6 is 0 Å². The van der Waals surface area contributed by atoms with Gasteiger partial charge in [0.2, 0.25) is 0 Å². The average Bonchev–Trinajstić information content (AvgIpc) is 2.37. The summed E-state index contributed by atoms with van der Waals surface area (Å²) in [7, 11) is 0. The zero-order valence-electron chi connectivity index (χ0n) is 10.6. The van der Waals surface area contributed by atoms with Crippen LogP contribution in [0.2, 0.25) is 0 Å². The normalized spacial score (nSPS) is 11.6. The van der Waals surface area contributed by atoms with Crippen LogP contribution in [0.25, 0.3) is 0 Å². The van der Waals surface area contributed by atoms with E-state index in [2.05, 4.69) is 5.32 Å². The summed E-state index contributed by atoms with van der Waals surface area (Å²) in [4.78, 5) is 22.5. The molecule has 0 radical (unpaired) electrons. The molecule has 0 aliphatic carbocycles. The number of unbranched alkanes of at least 4 members (excludes halogenated alkanes) is 1. The molecule has 1 atom stereocenters. The van der Waals surface area contributed by atoms with Crippen LogP contribution in [0.1, 0.15) is 31.4 Å². The van der Waals surface area contributed by atoms with E-state index in [-0.39, 0.29) is 12.4 Å². The van der Waals surface area contributed by atoms with Gasteiger partial charge in [-0.3, -0.25) is 0 Å². The quantitative estimate of drug-likeness (QED) is 0.685. The van der Waals surface area contributed by atoms with Gasteiger partial charge in [-0.25, -0.2) is 9.59 Å². The summed E-state index contributed by atoms with van der Waals surface area (Å²) in [5, 5.41) is 20.5. The smallest absolute Gasteiger partial charge is 0.408 e. The largest absolute Gasteiger partial charge is 0.508 e. The van der Waals surface area contributed by atoms with Gasteiger partial charge in [-0.1, -0.05) is 25.5 Å². The maximum absolute atomic E-state index is 11.4. The summed E-state index contributed by atoms with van der Waals surface area (Å²) in [6.45, 7) is 2.21. The molecule has 0 aliphatic heterocycles. The van der Waals surface area contributed by atoms with Gasteiger partial charge in [0.1, 0.15) is 5.75 Å². The van der Waals surface area contributed by atoms with Gasteiger partial charge in [-0.05, 0) is 24.1 Å². The number of carbonyl (C=O) groups is 2. The number of phenolic OH excluding ortho intramolecular Hbond substituents is 1. The molecule has 1 unspecified atom stereocenters. The molecule has 3 N–H and O–H groups in total. The maximum atomic E-state index is 11.4. The first-order valence-corrected chi connectivity index (χ1v) is 5.99. The molecule has 0 aliphatic rings. The molecule has 0 bridgehead atoms. The van der Waals surface area contributed by atoms with Crippen LogP contribution in [0.5, 0.6) is 5.75 Å². The first-order chi connectivity index (χ1) is 9.04. The summed E-state index contributed by atoms with van der Waals surface area (Å²) in [6.07, 6.45) is 0.840. The predicted octanol–water partition coefficient (Wildman–Crippen LogP) is 2.04. The second-order valence-electron chi connectivity index (χ2n) is 4.00. The highest BCUT2D eigenvalue weighted by atomic mass is 16.5. The minimum absolute atomic E-state index is 0.0263. The molecule has 1 rings (SSSR count). The zero-order valence-corrected chi connectivity index (χ0v) is 10.6. The summed E-state index contributed by atoms with van der Waals surface area (Å²) in [6, 6.07) is 4.38. The van der Waals surface area contributed by atoms with E-state index in [4.69, 9.17) is 14.9 Å². The number of phenols is 1. The third kappa shape index (κ3) is 4.87. The van der Waals surface area contributed by atoms with Crippen molar-refractivity contribution in [1.29, 1.82) is 0 Å². The molecular weight excluding hydrogens is 250 g/mol. The number of carbonyl (C=O) groups excluding carboxylic acids is 1. The van der Waals surface area contributed by atoms with Gasteiger partial charge in [0.25, 0.3) is 0 Å². The highest BCUT2D eigenvalue weighted by molar-refractivity contribution is 5.81. The van der Waals surface area contributed by atoms with E-state index < -0.39 is 18.1 Å². The first kappa shape index (κ1) is 14.8. The topological polar surface area (TPSA) is 95.9 Å². The number of nitrogens with one attached hydrogen (secondary N) is 1. The van der Waals surface area contributed by atoms with Crippen LogP contribution in [0, 0.1) is 0 Å². The van der Waals surface area contributed by atoms with Gasteiger partial charge < -0.3 is 20.3 Å². The molecule has 1 amide bonds. The van der Waals surface area contributed by atoms with Crippen LogP contribution < -0.4 is 5.32 Å². The maximum Gasteiger partial charge on any atom is 0.408 e. The number of alkyl carbamates (subject to hydrolysis) is 1. The molecule has 0 fully saturated rings. The molecule has 0 spiro atoms. The number of aromatic hydroxyl groups is 1. The Morgan fingerprint density at radius 1 is 1.32 bits per heavy atom. The number of ether oxygens (including phenoxy) is 1. The van der Waals surface area contributed by atoms with Crippen molar-refractivity contribution in [3.63, 3.8) is 0 Å². The minimum atomic E-state index is -1.20. The van der Waals surface area contributed by atoms with Gasteiger partial charge in [0.15, 0.2) is 6.04 Å². The van der Waals surface area contributed by atoms with Gasteiger partial charge in [-0.2, -0.15) is 0 Å². The third-order valence-electron chi connectivity index (χ3n) is 2.47. The Labute approximate surface area is 111 Å². The molecule has 1 aromatic carbocycles. The minimum Gasteiger partial charge on any atom is -0.508 e. The van der Waals surface area contributed by atoms with Crippen molar-refractivity contribution in [3.8, 4) is 5.75 Å². The van der Waals surface area contributed by atoms with E-state index >= 15 is 0 Å². The number of carboxylic acids is 1. The number of benzene rings is 1. The second-order valence-corrected chi connectivity index (χ2v) is 4.00. The molecule has 0 aromatic heterocycles. The van der Waals surface area contributed by atoms with E-state index in [0.29, 0.717) is 5.56 Å². The summed E-state index contributed by atoms with van der Waals surface area (Å²) >= 11 is 0. The Balaban J connectivity index is 2.65. The first-order valence-electron chi connectivity index (χ1n) is 5.99. The lowest BCUT2D eigenvalue weighted by molar-refractivity contribution is -0.139. The van der Waals surface area contributed by atoms with Crippen molar-refractivity contribution in [3.05, 3.63) is 29.8 Å². The summed E-state index contributed by atoms with van der Waals surface area (Å²) in [5.74, 6) is -1.17.